The molecule has 0 aliphatic carbocycles. The molecule has 2 aromatic rings. The second-order valence-electron chi connectivity index (χ2n) is 7.72. The molecule has 0 N–H and O–H groups in total. The summed E-state index contributed by atoms with van der Waals surface area (Å²) in [7, 11) is 0. The minimum absolute atomic E-state index is 0.0668. The van der Waals surface area contributed by atoms with Gasteiger partial charge < -0.3 is 24.0 Å². The number of nitrogens with zero attached hydrogens (tertiary/aromatic N) is 4. The lowest BCUT2D eigenvalue weighted by atomic mass is 10.1. The Kier molecular flexibility index (Phi) is 5.49. The van der Waals surface area contributed by atoms with E-state index in [1.807, 2.05) is 11.0 Å². The zero-order valence-corrected chi connectivity index (χ0v) is 17.9. The lowest BCUT2D eigenvalue weighted by Crippen LogP contribution is -2.47. The van der Waals surface area contributed by atoms with Crippen LogP contribution in [-0.2, 0) is 4.74 Å². The van der Waals surface area contributed by atoms with E-state index in [0.717, 1.165) is 42.8 Å². The number of anilines is 1. The molecule has 0 bridgehead atoms. The Morgan fingerprint density at radius 3 is 2.63 bits per heavy atom. The number of hydrogen-bond donors (Lipinski definition) is 0. The van der Waals surface area contributed by atoms with Gasteiger partial charge in [0.1, 0.15) is 4.88 Å². The fourth-order valence-corrected chi connectivity index (χ4v) is 5.05. The van der Waals surface area contributed by atoms with E-state index in [2.05, 4.69) is 33.8 Å². The summed E-state index contributed by atoms with van der Waals surface area (Å²) in [6, 6.07) is 6.50. The topological polar surface area (TPSA) is 67.4 Å². The Morgan fingerprint density at radius 2 is 1.83 bits per heavy atom. The van der Waals surface area contributed by atoms with Crippen LogP contribution in [0.3, 0.4) is 0 Å². The Labute approximate surface area is 179 Å². The highest BCUT2D eigenvalue weighted by molar-refractivity contribution is 7.17. The van der Waals surface area contributed by atoms with Crippen molar-refractivity contribution in [2.45, 2.75) is 13.0 Å². The molecular weight excluding hydrogens is 404 g/mol. The first kappa shape index (κ1) is 19.6. The molecule has 2 fully saturated rings. The number of carbonyl (C=O) groups excluding carboxylic acids is 1. The van der Waals surface area contributed by atoms with E-state index in [-0.39, 0.29) is 5.91 Å². The number of hydrogen-bond acceptors (Lipinski definition) is 8. The Balaban J connectivity index is 1.19. The smallest absolute Gasteiger partial charge is 0.265 e. The van der Waals surface area contributed by atoms with Crippen LogP contribution in [0.5, 0.6) is 11.5 Å². The summed E-state index contributed by atoms with van der Waals surface area (Å²) in [6.45, 7) is 8.75. The first-order chi connectivity index (χ1) is 14.7. The highest BCUT2D eigenvalue weighted by Crippen LogP contribution is 2.36. The van der Waals surface area contributed by atoms with E-state index in [0.29, 0.717) is 44.0 Å². The molecule has 3 aliphatic rings. The molecule has 1 aromatic carbocycles. The fourth-order valence-electron chi connectivity index (χ4n) is 4.12. The monoisotopic (exact) mass is 430 g/mol. The molecule has 1 aromatic heterocycles. The van der Waals surface area contributed by atoms with Crippen LogP contribution in [0.25, 0.3) is 0 Å². The summed E-state index contributed by atoms with van der Waals surface area (Å²) in [5.74, 6) is 1.72. The molecular formula is C21H26N4O4S. The molecule has 4 heterocycles. The number of piperazine rings is 1. The maximum atomic E-state index is 12.7. The molecule has 1 amide bonds. The number of benzene rings is 1. The van der Waals surface area contributed by atoms with Gasteiger partial charge in [-0.15, -0.1) is 0 Å². The SMILES string of the molecule is C[C@@H](c1ccc2c(c1)OCO2)N1CCN(c2ncc(C(=O)N3CCOCC3)s2)CC1. The lowest BCUT2D eigenvalue weighted by Gasteiger charge is -2.38. The predicted octanol–water partition coefficient (Wildman–Crippen LogP) is 2.23. The van der Waals surface area contributed by atoms with Crippen LogP contribution < -0.4 is 14.4 Å². The molecule has 5 rings (SSSR count). The van der Waals surface area contributed by atoms with Gasteiger partial charge in [0, 0.05) is 45.3 Å². The Morgan fingerprint density at radius 1 is 1.07 bits per heavy atom. The van der Waals surface area contributed by atoms with Crippen LogP contribution in [0.4, 0.5) is 5.13 Å². The number of aromatic nitrogens is 1. The first-order valence-electron chi connectivity index (χ1n) is 10.4. The van der Waals surface area contributed by atoms with Crippen molar-refractivity contribution in [2.24, 2.45) is 0 Å². The van der Waals surface area contributed by atoms with Crippen molar-refractivity contribution < 1.29 is 19.0 Å². The van der Waals surface area contributed by atoms with Crippen LogP contribution in [0.15, 0.2) is 24.4 Å². The first-order valence-corrected chi connectivity index (χ1v) is 11.2. The number of rotatable bonds is 4. The van der Waals surface area contributed by atoms with Gasteiger partial charge in [-0.1, -0.05) is 17.4 Å². The molecule has 1 atom stereocenters. The van der Waals surface area contributed by atoms with Gasteiger partial charge >= 0.3 is 0 Å². The standard InChI is InChI=1S/C21H26N4O4S/c1-15(16-2-3-17-18(12-16)29-14-28-17)23-4-6-25(7-5-23)21-22-13-19(30-21)20(26)24-8-10-27-11-9-24/h2-3,12-13,15H,4-11,14H2,1H3/t15-/m0/s1. The zero-order chi connectivity index (χ0) is 20.5. The molecule has 8 nitrogen and oxygen atoms in total. The van der Waals surface area contributed by atoms with Crippen LogP contribution in [-0.4, -0.2) is 80.0 Å². The minimum atomic E-state index is 0.0668. The maximum Gasteiger partial charge on any atom is 0.265 e. The van der Waals surface area contributed by atoms with E-state index in [1.54, 1.807) is 6.20 Å². The van der Waals surface area contributed by atoms with Crippen molar-refractivity contribution in [1.29, 1.82) is 0 Å². The van der Waals surface area contributed by atoms with Gasteiger partial charge in [-0.25, -0.2) is 4.98 Å². The van der Waals surface area contributed by atoms with Crippen molar-refractivity contribution in [1.82, 2.24) is 14.8 Å². The van der Waals surface area contributed by atoms with Gasteiger partial charge in [0.05, 0.1) is 19.4 Å². The van der Waals surface area contributed by atoms with Crippen molar-refractivity contribution in [3.63, 3.8) is 0 Å². The predicted molar refractivity (Wildman–Crippen MR) is 114 cm³/mol. The van der Waals surface area contributed by atoms with Crippen LogP contribution in [0.2, 0.25) is 0 Å². The van der Waals surface area contributed by atoms with Crippen LogP contribution >= 0.6 is 11.3 Å². The van der Waals surface area contributed by atoms with Gasteiger partial charge in [0.25, 0.3) is 5.91 Å². The van der Waals surface area contributed by atoms with Gasteiger partial charge in [0.2, 0.25) is 6.79 Å². The summed E-state index contributed by atoms with van der Waals surface area (Å²) in [6.07, 6.45) is 1.72. The van der Waals surface area contributed by atoms with Gasteiger partial charge in [-0.05, 0) is 24.6 Å². The summed E-state index contributed by atoms with van der Waals surface area (Å²) in [4.78, 5) is 24.5. The highest BCUT2D eigenvalue weighted by Gasteiger charge is 2.26. The lowest BCUT2D eigenvalue weighted by molar-refractivity contribution is 0.0306. The number of morpholine rings is 1. The van der Waals surface area contributed by atoms with Crippen molar-refractivity contribution in [3.8, 4) is 11.5 Å². The molecule has 0 radical (unpaired) electrons. The molecule has 3 aliphatic heterocycles. The van der Waals surface area contributed by atoms with E-state index in [9.17, 15) is 4.79 Å². The molecule has 0 unspecified atom stereocenters. The largest absolute Gasteiger partial charge is 0.454 e. The second-order valence-corrected chi connectivity index (χ2v) is 8.73. The van der Waals surface area contributed by atoms with E-state index < -0.39 is 0 Å². The maximum absolute atomic E-state index is 12.7. The normalized spacial score (nSPS) is 20.4. The molecule has 2 saturated heterocycles. The zero-order valence-electron chi connectivity index (χ0n) is 17.1. The van der Waals surface area contributed by atoms with Gasteiger partial charge in [-0.2, -0.15) is 0 Å². The minimum Gasteiger partial charge on any atom is -0.454 e. The van der Waals surface area contributed by atoms with Crippen molar-refractivity contribution in [2.75, 3.05) is 64.2 Å². The quantitative estimate of drug-likeness (QED) is 0.737. The summed E-state index contributed by atoms with van der Waals surface area (Å²) in [5.41, 5.74) is 1.24. The average molecular weight is 431 g/mol. The van der Waals surface area contributed by atoms with E-state index in [4.69, 9.17) is 14.2 Å². The fraction of sp³-hybridized carbons (Fsp3) is 0.524. The van der Waals surface area contributed by atoms with Crippen LogP contribution in [0, 0.1) is 0 Å². The van der Waals surface area contributed by atoms with Crippen LogP contribution in [0.1, 0.15) is 28.2 Å². The summed E-state index contributed by atoms with van der Waals surface area (Å²) in [5, 5.41) is 0.932. The Bertz CT molecular complexity index is 906. The highest BCUT2D eigenvalue weighted by atomic mass is 32.1. The van der Waals surface area contributed by atoms with Gasteiger partial charge in [-0.3, -0.25) is 9.69 Å². The van der Waals surface area contributed by atoms with Gasteiger partial charge in [0.15, 0.2) is 16.6 Å². The van der Waals surface area contributed by atoms with Crippen molar-refractivity contribution >= 4 is 22.4 Å². The molecule has 0 spiro atoms. The Hall–Kier alpha value is -2.36. The third-order valence-electron chi connectivity index (χ3n) is 6.01. The number of ether oxygens (including phenoxy) is 3. The molecule has 0 saturated carbocycles. The average Bonchev–Trinajstić information content (AvgIpc) is 3.48. The number of carbonyl (C=O) groups is 1. The van der Waals surface area contributed by atoms with E-state index >= 15 is 0 Å². The molecule has 9 heteroatoms. The second kappa shape index (κ2) is 8.41. The third-order valence-corrected chi connectivity index (χ3v) is 7.06. The van der Waals surface area contributed by atoms with E-state index in [1.165, 1.54) is 16.9 Å². The molecule has 160 valence electrons. The summed E-state index contributed by atoms with van der Waals surface area (Å²) < 4.78 is 16.3. The number of fused-ring (bicyclic) bond motifs is 1. The summed E-state index contributed by atoms with van der Waals surface area (Å²) >= 11 is 1.49. The van der Waals surface area contributed by atoms with Crippen molar-refractivity contribution in [3.05, 3.63) is 34.8 Å². The third kappa shape index (κ3) is 3.84. The molecule has 30 heavy (non-hydrogen) atoms. The number of thiazole rings is 1. The number of amides is 1.